The Bertz CT molecular complexity index is 1230. The second kappa shape index (κ2) is 9.26. The van der Waals surface area contributed by atoms with Crippen LogP contribution >= 0.6 is 0 Å². The van der Waals surface area contributed by atoms with E-state index in [2.05, 4.69) is 20.7 Å². The van der Waals surface area contributed by atoms with Gasteiger partial charge in [-0.2, -0.15) is 5.10 Å². The number of aromatic nitrogens is 3. The van der Waals surface area contributed by atoms with Crippen molar-refractivity contribution in [3.63, 3.8) is 0 Å². The molecule has 0 bridgehead atoms. The van der Waals surface area contributed by atoms with Crippen LogP contribution in [0.2, 0.25) is 0 Å². The number of carbonyl (C=O) groups is 2. The van der Waals surface area contributed by atoms with Crippen molar-refractivity contribution >= 4 is 17.6 Å². The number of hydrogen-bond donors (Lipinski definition) is 2. The van der Waals surface area contributed by atoms with E-state index in [-0.39, 0.29) is 11.8 Å². The molecule has 0 atom stereocenters. The lowest BCUT2D eigenvalue weighted by Crippen LogP contribution is -2.23. The topological polar surface area (TPSA) is 88.9 Å². The minimum atomic E-state index is -0.189. The summed E-state index contributed by atoms with van der Waals surface area (Å²) in [7, 11) is 0. The average molecular weight is 425 g/mol. The number of benzene rings is 2. The van der Waals surface area contributed by atoms with Gasteiger partial charge in [-0.3, -0.25) is 14.6 Å². The maximum absolute atomic E-state index is 12.5. The van der Waals surface area contributed by atoms with Crippen LogP contribution < -0.4 is 10.6 Å². The molecule has 0 fully saturated rings. The van der Waals surface area contributed by atoms with Gasteiger partial charge < -0.3 is 10.6 Å². The van der Waals surface area contributed by atoms with Crippen LogP contribution in [0, 0.1) is 6.92 Å². The number of anilines is 1. The summed E-state index contributed by atoms with van der Waals surface area (Å²) in [5, 5.41) is 10.4. The maximum atomic E-state index is 12.5. The number of nitrogens with zero attached hydrogens (tertiary/aromatic N) is 3. The summed E-state index contributed by atoms with van der Waals surface area (Å²) in [6, 6.07) is 22.5. The van der Waals surface area contributed by atoms with E-state index in [1.807, 2.05) is 67.6 Å². The molecule has 0 spiro atoms. The number of hydrogen-bond acceptors (Lipinski definition) is 4. The lowest BCUT2D eigenvalue weighted by Gasteiger charge is -2.11. The van der Waals surface area contributed by atoms with Gasteiger partial charge in [-0.05, 0) is 48.9 Å². The van der Waals surface area contributed by atoms with Crippen LogP contribution in [0.25, 0.3) is 16.8 Å². The minimum absolute atomic E-state index is 0.186. The van der Waals surface area contributed by atoms with Crippen molar-refractivity contribution in [2.75, 3.05) is 5.32 Å². The molecule has 4 rings (SSSR count). The number of amides is 2. The zero-order chi connectivity index (χ0) is 22.5. The molecule has 0 unspecified atom stereocenters. The van der Waals surface area contributed by atoms with E-state index in [0.29, 0.717) is 17.9 Å². The van der Waals surface area contributed by atoms with Gasteiger partial charge in [-0.15, -0.1) is 0 Å². The Balaban J connectivity index is 1.61. The highest BCUT2D eigenvalue weighted by Crippen LogP contribution is 2.33. The van der Waals surface area contributed by atoms with Gasteiger partial charge in [0.15, 0.2) is 0 Å². The predicted molar refractivity (Wildman–Crippen MR) is 123 cm³/mol. The van der Waals surface area contributed by atoms with Crippen molar-refractivity contribution in [1.29, 1.82) is 0 Å². The van der Waals surface area contributed by atoms with Crippen molar-refractivity contribution in [3.8, 4) is 16.8 Å². The maximum Gasteiger partial charge on any atom is 0.251 e. The molecular weight excluding hydrogens is 402 g/mol. The van der Waals surface area contributed by atoms with Crippen LogP contribution in [0.5, 0.6) is 0 Å². The molecule has 2 heterocycles. The second-order valence-electron chi connectivity index (χ2n) is 7.32. The molecule has 2 aromatic heterocycles. The van der Waals surface area contributed by atoms with E-state index in [9.17, 15) is 9.59 Å². The normalized spacial score (nSPS) is 10.6. The summed E-state index contributed by atoms with van der Waals surface area (Å²) in [4.78, 5) is 28.6. The molecule has 2 aromatic carbocycles. The van der Waals surface area contributed by atoms with E-state index in [4.69, 9.17) is 0 Å². The van der Waals surface area contributed by atoms with Crippen LogP contribution in [0.1, 0.15) is 28.7 Å². The summed E-state index contributed by atoms with van der Waals surface area (Å²) >= 11 is 0. The number of carbonyl (C=O) groups excluding carboxylic acids is 2. The summed E-state index contributed by atoms with van der Waals surface area (Å²) in [5.74, 6) is 0.216. The van der Waals surface area contributed by atoms with Crippen LogP contribution in [0.15, 0.2) is 79.0 Å². The first kappa shape index (κ1) is 21.0. The van der Waals surface area contributed by atoms with E-state index in [1.54, 1.807) is 23.0 Å². The molecule has 160 valence electrons. The van der Waals surface area contributed by atoms with Crippen LogP contribution in [-0.2, 0) is 11.3 Å². The van der Waals surface area contributed by atoms with Gasteiger partial charge in [0.2, 0.25) is 5.91 Å². The molecule has 0 saturated heterocycles. The molecule has 0 aliphatic heterocycles. The largest absolute Gasteiger partial charge is 0.346 e. The van der Waals surface area contributed by atoms with Crippen molar-refractivity contribution in [1.82, 2.24) is 20.1 Å². The molecule has 2 amide bonds. The van der Waals surface area contributed by atoms with Crippen molar-refractivity contribution in [2.45, 2.75) is 20.4 Å². The Morgan fingerprint density at radius 3 is 2.31 bits per heavy atom. The minimum Gasteiger partial charge on any atom is -0.346 e. The Hall–Kier alpha value is -4.26. The molecule has 0 aliphatic rings. The molecule has 2 N–H and O–H groups in total. The fourth-order valence-corrected chi connectivity index (χ4v) is 3.48. The van der Waals surface area contributed by atoms with Crippen molar-refractivity contribution in [3.05, 3.63) is 95.9 Å². The Morgan fingerprint density at radius 1 is 0.938 bits per heavy atom. The first-order chi connectivity index (χ1) is 15.5. The Morgan fingerprint density at radius 2 is 1.66 bits per heavy atom. The molecule has 0 radical (unpaired) electrons. The zero-order valence-corrected chi connectivity index (χ0v) is 17.9. The van der Waals surface area contributed by atoms with Crippen LogP contribution in [0.4, 0.5) is 5.82 Å². The van der Waals surface area contributed by atoms with Gasteiger partial charge in [-0.25, -0.2) is 4.68 Å². The van der Waals surface area contributed by atoms with Crippen LogP contribution in [-0.4, -0.2) is 26.6 Å². The summed E-state index contributed by atoms with van der Waals surface area (Å²) < 4.78 is 1.69. The quantitative estimate of drug-likeness (QED) is 0.486. The fraction of sp³-hybridized carbons (Fsp3) is 0.120. The van der Waals surface area contributed by atoms with E-state index < -0.39 is 0 Å². The third kappa shape index (κ3) is 4.57. The van der Waals surface area contributed by atoms with E-state index in [1.165, 1.54) is 6.92 Å². The first-order valence-electron chi connectivity index (χ1n) is 10.2. The van der Waals surface area contributed by atoms with Gasteiger partial charge in [0.05, 0.1) is 23.6 Å². The van der Waals surface area contributed by atoms with Crippen molar-refractivity contribution in [2.24, 2.45) is 0 Å². The average Bonchev–Trinajstić information content (AvgIpc) is 3.13. The zero-order valence-electron chi connectivity index (χ0n) is 17.9. The fourth-order valence-electron chi connectivity index (χ4n) is 3.48. The van der Waals surface area contributed by atoms with E-state index >= 15 is 0 Å². The third-order valence-electron chi connectivity index (χ3n) is 4.95. The van der Waals surface area contributed by atoms with Gasteiger partial charge in [-0.1, -0.05) is 36.4 Å². The molecule has 0 aliphatic carbocycles. The molecule has 7 nitrogen and oxygen atoms in total. The molecule has 7 heteroatoms. The SMILES string of the molecule is CC(=O)Nc1c(-c2ccccc2)c(C)nn1-c1ccc(C(=O)NCc2ccccn2)cc1. The Labute approximate surface area is 186 Å². The third-order valence-corrected chi connectivity index (χ3v) is 4.95. The van der Waals surface area contributed by atoms with Crippen LogP contribution in [0.3, 0.4) is 0 Å². The highest BCUT2D eigenvalue weighted by atomic mass is 16.2. The van der Waals surface area contributed by atoms with Gasteiger partial charge in [0, 0.05) is 24.2 Å². The van der Waals surface area contributed by atoms with Crippen molar-refractivity contribution < 1.29 is 9.59 Å². The lowest BCUT2D eigenvalue weighted by atomic mass is 10.1. The predicted octanol–water partition coefficient (Wildman–Crippen LogP) is 4.13. The molecule has 4 aromatic rings. The lowest BCUT2D eigenvalue weighted by molar-refractivity contribution is -0.114. The molecule has 32 heavy (non-hydrogen) atoms. The smallest absolute Gasteiger partial charge is 0.251 e. The summed E-state index contributed by atoms with van der Waals surface area (Å²) in [6.45, 7) is 3.73. The van der Waals surface area contributed by atoms with Gasteiger partial charge >= 0.3 is 0 Å². The summed E-state index contributed by atoms with van der Waals surface area (Å²) in [5.41, 5.74) is 4.66. The number of rotatable bonds is 6. The standard InChI is InChI=1S/C25H23N5O2/c1-17-23(19-8-4-3-5-9-19)24(28-18(2)31)30(29-17)22-13-11-20(12-14-22)25(32)27-16-21-10-6-7-15-26-21/h3-15H,16H2,1-2H3,(H,27,32)(H,28,31). The molecule has 0 saturated carbocycles. The Kier molecular flexibility index (Phi) is 6.07. The highest BCUT2D eigenvalue weighted by molar-refractivity contribution is 5.95. The monoisotopic (exact) mass is 425 g/mol. The first-order valence-corrected chi connectivity index (χ1v) is 10.2. The van der Waals surface area contributed by atoms with E-state index in [0.717, 1.165) is 28.2 Å². The number of nitrogens with one attached hydrogen (secondary N) is 2. The number of aryl methyl sites for hydroxylation is 1. The highest BCUT2D eigenvalue weighted by Gasteiger charge is 2.19. The number of pyridine rings is 1. The van der Waals surface area contributed by atoms with Gasteiger partial charge in [0.1, 0.15) is 5.82 Å². The summed E-state index contributed by atoms with van der Waals surface area (Å²) in [6.07, 6.45) is 1.69. The molecular formula is C25H23N5O2. The second-order valence-corrected chi connectivity index (χ2v) is 7.32. The van der Waals surface area contributed by atoms with Gasteiger partial charge in [0.25, 0.3) is 5.91 Å².